The Bertz CT molecular complexity index is 4500. The fraction of sp³-hybridized carbons (Fsp3) is 0. The van der Waals surface area contributed by atoms with Gasteiger partial charge in [0.15, 0.2) is 8.07 Å². The smallest absolute Gasteiger partial charge is 0.179 e. The Morgan fingerprint density at radius 1 is 0.294 bits per heavy atom. The molecule has 0 amide bonds. The normalized spacial score (nSPS) is 21.3. The average molecular weight is 701 g/mol. The molecule has 3 heteroatoms. The van der Waals surface area contributed by atoms with Crippen molar-refractivity contribution < 1.29 is 46.6 Å². The van der Waals surface area contributed by atoms with Crippen molar-refractivity contribution in [1.82, 2.24) is 9.13 Å². The Morgan fingerprint density at radius 2 is 0.667 bits per heavy atom. The number of para-hydroxylation sites is 3. The van der Waals surface area contributed by atoms with Crippen molar-refractivity contribution in [3.63, 3.8) is 0 Å². The summed E-state index contributed by atoms with van der Waals surface area (Å²) < 4.78 is 314. The Labute approximate surface area is 345 Å². The molecule has 0 radical (unpaired) electrons. The van der Waals surface area contributed by atoms with Gasteiger partial charge in [0.25, 0.3) is 0 Å². The van der Waals surface area contributed by atoms with Crippen LogP contribution in [0.4, 0.5) is 0 Å². The van der Waals surface area contributed by atoms with Crippen LogP contribution in [-0.2, 0) is 0 Å². The molecule has 0 unspecified atom stereocenters. The van der Waals surface area contributed by atoms with Gasteiger partial charge in [-0.2, -0.15) is 0 Å². The molecule has 10 aromatic rings. The molecule has 2 aromatic heterocycles. The number of benzene rings is 8. The maximum absolute atomic E-state index is 10.5. The second-order valence-corrected chi connectivity index (χ2v) is 14.3. The Morgan fingerprint density at radius 3 is 1.16 bits per heavy atom. The number of hydrogen-bond donors (Lipinski definition) is 0. The van der Waals surface area contributed by atoms with Crippen molar-refractivity contribution >= 4 is 72.4 Å². The van der Waals surface area contributed by atoms with Crippen LogP contribution < -0.4 is 20.7 Å². The van der Waals surface area contributed by atoms with E-state index in [4.69, 9.17) is 26.0 Å². The average Bonchev–Trinajstić information content (AvgIpc) is 1.86. The lowest BCUT2D eigenvalue weighted by Gasteiger charge is -2.34. The van der Waals surface area contributed by atoms with Crippen molar-refractivity contribution in [2.45, 2.75) is 0 Å². The van der Waals surface area contributed by atoms with Crippen LogP contribution in [0.2, 0.25) is 0 Å². The van der Waals surface area contributed by atoms with E-state index in [9.17, 15) is 20.6 Å². The minimum absolute atomic E-state index is 0.505. The lowest BCUT2D eigenvalue weighted by molar-refractivity contribution is 1.17. The van der Waals surface area contributed by atoms with Gasteiger partial charge in [0.1, 0.15) is 0 Å². The van der Waals surface area contributed by atoms with Crippen molar-refractivity contribution in [3.8, 4) is 11.4 Å². The zero-order chi connectivity index (χ0) is 63.4. The zero-order valence-corrected chi connectivity index (χ0v) is 26.4. The SMILES string of the molecule is [2H]c1c([2H])c([2H])c([Si](c2c([2H])c([2H])c([2H])c([2H])c2[2H])(c2c([2H])c([2H])c([2H])c([2H])c2[2H])c2c([2H])c([2H])c([2H])c(-n3c4c([2H])c([2H])c([2H])c([2H])c4c4c([2H])c(-n5c6c([2H])c([2H])c([2H])c([2H])c6c6c([2H])c([2H])c([2H])c([2H])c65)c([2H])c([2H])c43)c2[2H])c([2H])c1[2H]. The second kappa shape index (κ2) is 11.9. The highest BCUT2D eigenvalue weighted by molar-refractivity contribution is 7.19. The molecule has 0 aliphatic heterocycles. The third kappa shape index (κ3) is 4.49. The topological polar surface area (TPSA) is 9.86 Å². The summed E-state index contributed by atoms with van der Waals surface area (Å²) in [5.41, 5.74) is -5.29. The molecule has 0 fully saturated rings. The van der Waals surface area contributed by atoms with E-state index in [2.05, 4.69) is 0 Å². The Kier molecular flexibility index (Phi) is 2.57. The number of nitrogens with zero attached hydrogens (tertiary/aromatic N) is 2. The third-order valence-electron chi connectivity index (χ3n) is 8.24. The van der Waals surface area contributed by atoms with Gasteiger partial charge in [-0.05, 0) is 69.1 Å². The minimum Gasteiger partial charge on any atom is -0.309 e. The summed E-state index contributed by atoms with van der Waals surface area (Å²) in [5.74, 6) is 0. The summed E-state index contributed by atoms with van der Waals surface area (Å²) in [5, 5.41) is -7.67. The summed E-state index contributed by atoms with van der Waals surface area (Å²) in [4.78, 5) is 0. The van der Waals surface area contributed by atoms with Crippen LogP contribution in [0.3, 0.4) is 0 Å². The fourth-order valence-corrected chi connectivity index (χ4v) is 9.74. The maximum Gasteiger partial charge on any atom is 0.179 e. The van der Waals surface area contributed by atoms with Gasteiger partial charge in [-0.25, -0.2) is 0 Å². The molecule has 10 rings (SSSR count). The first-order valence-corrected chi connectivity index (χ1v) is 16.8. The predicted octanol–water partition coefficient (Wildman–Crippen LogP) is 9.26. The molecule has 0 bridgehead atoms. The van der Waals surface area contributed by atoms with Gasteiger partial charge in [0.05, 0.1) is 68.7 Å². The molecular weight excluding hydrogens is 633 g/mol. The minimum atomic E-state index is -6.55. The third-order valence-corrected chi connectivity index (χ3v) is 12.2. The number of aromatic nitrogens is 2. The molecule has 0 aliphatic rings. The summed E-state index contributed by atoms with van der Waals surface area (Å²) in [6.07, 6.45) is 0. The molecule has 51 heavy (non-hydrogen) atoms. The van der Waals surface area contributed by atoms with Gasteiger partial charge >= 0.3 is 0 Å². The van der Waals surface area contributed by atoms with E-state index in [0.29, 0.717) is 9.13 Å². The van der Waals surface area contributed by atoms with E-state index in [1.165, 1.54) is 0 Å². The number of fused-ring (bicyclic) bond motifs is 6. The van der Waals surface area contributed by atoms with Crippen molar-refractivity contribution in [1.29, 1.82) is 0 Å². The highest BCUT2D eigenvalue weighted by Crippen LogP contribution is 2.36. The van der Waals surface area contributed by atoms with Crippen molar-refractivity contribution in [3.05, 3.63) is 205 Å². The fourth-order valence-electron chi connectivity index (χ4n) is 6.18. The van der Waals surface area contributed by atoms with Gasteiger partial charge in [0.2, 0.25) is 0 Å². The second-order valence-electron chi connectivity index (χ2n) is 10.8. The molecular formula is C48H34N2Si. The quantitative estimate of drug-likeness (QED) is 0.121. The first-order valence-electron chi connectivity index (χ1n) is 31.8. The van der Waals surface area contributed by atoms with Crippen LogP contribution in [0.25, 0.3) is 55.0 Å². The lowest BCUT2D eigenvalue weighted by atomic mass is 10.1. The van der Waals surface area contributed by atoms with Crippen LogP contribution in [0, 0.1) is 0 Å². The summed E-state index contributed by atoms with van der Waals surface area (Å²) in [6, 6.07) is -39.5. The molecule has 8 aromatic carbocycles. The van der Waals surface area contributed by atoms with Gasteiger partial charge in [-0.15, -0.1) is 0 Å². The highest BCUT2D eigenvalue weighted by Gasteiger charge is 2.41. The van der Waals surface area contributed by atoms with E-state index in [1.807, 2.05) is 0 Å². The standard InChI is InChI=1S/C48H34N2Si/c1-4-18-37(19-5-1)51(38-20-6-2-7-21-38,39-22-8-3-9-23-39)40-24-16-17-35(33-40)49-47-30-15-12-27-43(47)44-34-36(31-32-48(44)49)50-45-28-13-10-25-41(45)42-26-11-14-29-46(42)50/h1-34H/i1D,2D,3D,4D,5D,6D,7D,8D,9D,10D,11D,12D,13D,14D,15D,16D,17D,18D,19D,20D,21D,22D,23D,24D,25D,26D,27D,28D,29D,30D,31D,32D,33D,34D. The summed E-state index contributed by atoms with van der Waals surface area (Å²) >= 11 is 0. The van der Waals surface area contributed by atoms with Gasteiger partial charge in [0, 0.05) is 32.9 Å². The molecule has 0 saturated carbocycles. The number of hydrogen-bond acceptors (Lipinski definition) is 0. The van der Waals surface area contributed by atoms with Crippen LogP contribution in [0.15, 0.2) is 205 Å². The zero-order valence-electron chi connectivity index (χ0n) is 59.4. The first-order chi connectivity index (χ1) is 39.5. The summed E-state index contributed by atoms with van der Waals surface area (Å²) in [7, 11) is -6.55. The van der Waals surface area contributed by atoms with E-state index >= 15 is 0 Å². The molecule has 2 heterocycles. The number of rotatable bonds is 6. The molecule has 2 nitrogen and oxygen atoms in total. The molecule has 0 aliphatic carbocycles. The van der Waals surface area contributed by atoms with Gasteiger partial charge < -0.3 is 9.13 Å². The molecule has 240 valence electrons. The summed E-state index contributed by atoms with van der Waals surface area (Å²) in [6.45, 7) is 0. The molecule has 0 spiro atoms. The van der Waals surface area contributed by atoms with E-state index < -0.39 is 289 Å². The molecule has 0 saturated heterocycles. The van der Waals surface area contributed by atoms with E-state index in [-0.39, 0.29) is 0 Å². The lowest BCUT2D eigenvalue weighted by Crippen LogP contribution is -2.74. The van der Waals surface area contributed by atoms with Crippen LogP contribution >= 0.6 is 0 Å². The highest BCUT2D eigenvalue weighted by atomic mass is 28.3. The van der Waals surface area contributed by atoms with Crippen LogP contribution in [-0.4, -0.2) is 17.2 Å². The molecule has 0 atom stereocenters. The molecule has 0 N–H and O–H groups in total. The van der Waals surface area contributed by atoms with Crippen LogP contribution in [0.5, 0.6) is 0 Å². The van der Waals surface area contributed by atoms with Gasteiger partial charge in [-0.3, -0.25) is 0 Å². The van der Waals surface area contributed by atoms with E-state index in [1.54, 1.807) is 0 Å². The van der Waals surface area contributed by atoms with Crippen molar-refractivity contribution in [2.75, 3.05) is 0 Å². The van der Waals surface area contributed by atoms with Crippen molar-refractivity contribution in [2.24, 2.45) is 0 Å². The van der Waals surface area contributed by atoms with E-state index in [0.717, 1.165) is 0 Å². The van der Waals surface area contributed by atoms with Gasteiger partial charge in [-0.1, -0.05) is 157 Å². The monoisotopic (exact) mass is 700 g/mol. The Hall–Kier alpha value is -6.42. The predicted molar refractivity (Wildman–Crippen MR) is 219 cm³/mol. The first kappa shape index (κ1) is 11.0. The maximum atomic E-state index is 10.5. The van der Waals surface area contributed by atoms with Crippen LogP contribution in [0.1, 0.15) is 46.6 Å². The Balaban J connectivity index is 1.56. The largest absolute Gasteiger partial charge is 0.309 e.